The average molecular weight is 164 g/mol. The lowest BCUT2D eigenvalue weighted by atomic mass is 10.2. The lowest BCUT2D eigenvalue weighted by molar-refractivity contribution is 0.628. The van der Waals surface area contributed by atoms with E-state index in [2.05, 4.69) is 13.0 Å². The van der Waals surface area contributed by atoms with Crippen LogP contribution in [0.5, 0.6) is 0 Å². The lowest BCUT2D eigenvalue weighted by Crippen LogP contribution is -1.73. The van der Waals surface area contributed by atoms with Gasteiger partial charge in [0.05, 0.1) is 0 Å². The smallest absolute Gasteiger partial charge is 0.123 e. The molecule has 0 aromatic heterocycles. The van der Waals surface area contributed by atoms with Gasteiger partial charge in [-0.05, 0) is 24.1 Å². The van der Waals surface area contributed by atoms with E-state index in [4.69, 9.17) is 0 Å². The van der Waals surface area contributed by atoms with E-state index in [9.17, 15) is 4.39 Å². The zero-order valence-electron chi connectivity index (χ0n) is 7.26. The molecule has 1 heteroatoms. The van der Waals surface area contributed by atoms with Crippen LogP contribution < -0.4 is 0 Å². The molecule has 0 saturated carbocycles. The van der Waals surface area contributed by atoms with Crippen LogP contribution in [0.4, 0.5) is 4.39 Å². The van der Waals surface area contributed by atoms with Crippen molar-refractivity contribution in [2.24, 2.45) is 0 Å². The van der Waals surface area contributed by atoms with Gasteiger partial charge in [-0.3, -0.25) is 0 Å². The molecule has 0 radical (unpaired) electrons. The number of benzene rings is 1. The van der Waals surface area contributed by atoms with E-state index in [1.807, 2.05) is 6.08 Å². The third-order valence-corrected chi connectivity index (χ3v) is 1.64. The molecule has 0 aliphatic rings. The van der Waals surface area contributed by atoms with Crippen molar-refractivity contribution in [3.05, 3.63) is 41.7 Å². The number of hydrogen-bond donors (Lipinski definition) is 0. The molecule has 0 bridgehead atoms. The maximum absolute atomic E-state index is 12.5. The molecule has 0 saturated heterocycles. The highest BCUT2D eigenvalue weighted by Gasteiger charge is 1.87. The Morgan fingerprint density at radius 3 is 2.50 bits per heavy atom. The van der Waals surface area contributed by atoms with Crippen molar-refractivity contribution in [1.29, 1.82) is 0 Å². The van der Waals surface area contributed by atoms with E-state index >= 15 is 0 Å². The van der Waals surface area contributed by atoms with E-state index in [0.717, 1.165) is 18.4 Å². The monoisotopic (exact) mass is 164 g/mol. The molecule has 1 aromatic carbocycles. The van der Waals surface area contributed by atoms with Gasteiger partial charge in [-0.15, -0.1) is 0 Å². The van der Waals surface area contributed by atoms with Gasteiger partial charge < -0.3 is 0 Å². The highest BCUT2D eigenvalue weighted by molar-refractivity contribution is 5.48. The highest BCUT2D eigenvalue weighted by atomic mass is 19.1. The van der Waals surface area contributed by atoms with Crippen molar-refractivity contribution in [2.75, 3.05) is 0 Å². The molecule has 0 fully saturated rings. The Balaban J connectivity index is 2.58. The molecule has 0 spiro atoms. The quantitative estimate of drug-likeness (QED) is 0.639. The molecule has 0 heterocycles. The molecular weight excluding hydrogens is 151 g/mol. The van der Waals surface area contributed by atoms with Gasteiger partial charge in [-0.1, -0.05) is 37.6 Å². The van der Waals surface area contributed by atoms with E-state index < -0.39 is 0 Å². The van der Waals surface area contributed by atoms with Crippen molar-refractivity contribution >= 4 is 6.08 Å². The number of hydrogen-bond acceptors (Lipinski definition) is 0. The van der Waals surface area contributed by atoms with Crippen molar-refractivity contribution in [3.8, 4) is 0 Å². The van der Waals surface area contributed by atoms with Crippen LogP contribution in [-0.4, -0.2) is 0 Å². The molecule has 0 nitrogen and oxygen atoms in total. The molecule has 0 amide bonds. The van der Waals surface area contributed by atoms with Crippen molar-refractivity contribution in [3.63, 3.8) is 0 Å². The molecule has 1 rings (SSSR count). The van der Waals surface area contributed by atoms with Crippen LogP contribution in [-0.2, 0) is 0 Å². The summed E-state index contributed by atoms with van der Waals surface area (Å²) >= 11 is 0. The highest BCUT2D eigenvalue weighted by Crippen LogP contribution is 2.05. The summed E-state index contributed by atoms with van der Waals surface area (Å²) < 4.78 is 12.5. The Morgan fingerprint density at radius 2 is 1.92 bits per heavy atom. The predicted octanol–water partition coefficient (Wildman–Crippen LogP) is 3.64. The summed E-state index contributed by atoms with van der Waals surface area (Å²) in [5, 5.41) is 0. The summed E-state index contributed by atoms with van der Waals surface area (Å²) in [6, 6.07) is 6.51. The Morgan fingerprint density at radius 1 is 1.25 bits per heavy atom. The van der Waals surface area contributed by atoms with Gasteiger partial charge in [0.25, 0.3) is 0 Å². The largest absolute Gasteiger partial charge is 0.207 e. The van der Waals surface area contributed by atoms with Crippen molar-refractivity contribution in [2.45, 2.75) is 19.8 Å². The third-order valence-electron chi connectivity index (χ3n) is 1.64. The topological polar surface area (TPSA) is 0 Å². The van der Waals surface area contributed by atoms with E-state index in [1.165, 1.54) is 12.1 Å². The maximum atomic E-state index is 12.5. The Kier molecular flexibility index (Phi) is 3.52. The number of halogens is 1. The summed E-state index contributed by atoms with van der Waals surface area (Å²) in [7, 11) is 0. The van der Waals surface area contributed by atoms with Gasteiger partial charge >= 0.3 is 0 Å². The molecule has 12 heavy (non-hydrogen) atoms. The normalized spacial score (nSPS) is 10.8. The van der Waals surface area contributed by atoms with Crippen LogP contribution in [0.3, 0.4) is 0 Å². The molecule has 0 unspecified atom stereocenters. The SMILES string of the molecule is CCCC=Cc1ccc(F)cc1. The fraction of sp³-hybridized carbons (Fsp3) is 0.273. The predicted molar refractivity (Wildman–Crippen MR) is 50.3 cm³/mol. The van der Waals surface area contributed by atoms with Gasteiger partial charge in [0.1, 0.15) is 5.82 Å². The summed E-state index contributed by atoms with van der Waals surface area (Å²) in [5.41, 5.74) is 1.06. The second kappa shape index (κ2) is 4.70. The van der Waals surface area contributed by atoms with Crippen molar-refractivity contribution < 1.29 is 4.39 Å². The second-order valence-electron chi connectivity index (χ2n) is 2.74. The van der Waals surface area contributed by atoms with Gasteiger partial charge in [-0.25, -0.2) is 4.39 Å². The number of allylic oxidation sites excluding steroid dienone is 1. The molecule has 0 aliphatic carbocycles. The fourth-order valence-corrected chi connectivity index (χ4v) is 0.960. The van der Waals surface area contributed by atoms with Crippen LogP contribution >= 0.6 is 0 Å². The Bertz CT molecular complexity index is 246. The van der Waals surface area contributed by atoms with Crippen LogP contribution in [0.2, 0.25) is 0 Å². The zero-order chi connectivity index (χ0) is 8.81. The van der Waals surface area contributed by atoms with E-state index in [0.29, 0.717) is 0 Å². The Hall–Kier alpha value is -1.11. The van der Waals surface area contributed by atoms with Crippen LogP contribution in [0, 0.1) is 5.82 Å². The van der Waals surface area contributed by atoms with E-state index in [1.54, 1.807) is 12.1 Å². The standard InChI is InChI=1S/C11H13F/c1-2-3-4-5-10-6-8-11(12)9-7-10/h4-9H,2-3H2,1H3. The first kappa shape index (κ1) is 8.98. The Labute approximate surface area is 72.7 Å². The first-order valence-corrected chi connectivity index (χ1v) is 4.25. The number of rotatable bonds is 3. The second-order valence-corrected chi connectivity index (χ2v) is 2.74. The minimum absolute atomic E-state index is 0.178. The van der Waals surface area contributed by atoms with Crippen LogP contribution in [0.15, 0.2) is 30.3 Å². The fourth-order valence-electron chi connectivity index (χ4n) is 0.960. The van der Waals surface area contributed by atoms with Crippen LogP contribution in [0.1, 0.15) is 25.3 Å². The molecule has 0 atom stereocenters. The average Bonchev–Trinajstić information content (AvgIpc) is 2.09. The molecule has 0 N–H and O–H groups in total. The van der Waals surface area contributed by atoms with E-state index in [-0.39, 0.29) is 5.82 Å². The summed E-state index contributed by atoms with van der Waals surface area (Å²) in [5.74, 6) is -0.178. The van der Waals surface area contributed by atoms with Gasteiger partial charge in [-0.2, -0.15) is 0 Å². The summed E-state index contributed by atoms with van der Waals surface area (Å²) in [6.07, 6.45) is 6.35. The van der Waals surface area contributed by atoms with Gasteiger partial charge in [0.2, 0.25) is 0 Å². The van der Waals surface area contributed by atoms with Gasteiger partial charge in [0, 0.05) is 0 Å². The van der Waals surface area contributed by atoms with Gasteiger partial charge in [0.15, 0.2) is 0 Å². The lowest BCUT2D eigenvalue weighted by Gasteiger charge is -1.91. The minimum Gasteiger partial charge on any atom is -0.207 e. The third kappa shape index (κ3) is 2.87. The number of unbranched alkanes of at least 4 members (excludes halogenated alkanes) is 1. The molecule has 0 aliphatic heterocycles. The molecule has 64 valence electrons. The van der Waals surface area contributed by atoms with Crippen molar-refractivity contribution in [1.82, 2.24) is 0 Å². The molecular formula is C11H13F. The van der Waals surface area contributed by atoms with Crippen LogP contribution in [0.25, 0.3) is 6.08 Å². The first-order chi connectivity index (χ1) is 5.83. The minimum atomic E-state index is -0.178. The summed E-state index contributed by atoms with van der Waals surface area (Å²) in [6.45, 7) is 2.13. The summed E-state index contributed by atoms with van der Waals surface area (Å²) in [4.78, 5) is 0. The zero-order valence-corrected chi connectivity index (χ0v) is 7.26. The first-order valence-electron chi connectivity index (χ1n) is 4.25. The molecule has 1 aromatic rings. The maximum Gasteiger partial charge on any atom is 0.123 e.